The largest absolute Gasteiger partial charge is 0.388 e. The van der Waals surface area contributed by atoms with Gasteiger partial charge in [-0.1, -0.05) is 30.3 Å². The summed E-state index contributed by atoms with van der Waals surface area (Å²) in [5, 5.41) is 10.9. The van der Waals surface area contributed by atoms with Gasteiger partial charge in [0, 0.05) is 37.0 Å². The second-order valence-corrected chi connectivity index (χ2v) is 7.36. The van der Waals surface area contributed by atoms with Gasteiger partial charge in [-0.05, 0) is 40.3 Å². The summed E-state index contributed by atoms with van der Waals surface area (Å²) in [6.07, 6.45) is 2.56. The van der Waals surface area contributed by atoms with Crippen LogP contribution in [0.25, 0.3) is 11.4 Å². The lowest BCUT2D eigenvalue weighted by molar-refractivity contribution is 0.00537. The third-order valence-corrected chi connectivity index (χ3v) is 4.72. The van der Waals surface area contributed by atoms with Gasteiger partial charge in [0.2, 0.25) is 0 Å². The number of rotatable bonds is 4. The molecule has 0 aliphatic carbocycles. The monoisotopic (exact) mass is 340 g/mol. The molecule has 1 atom stereocenters. The minimum Gasteiger partial charge on any atom is -0.388 e. The summed E-state index contributed by atoms with van der Waals surface area (Å²) in [6, 6.07) is 12.1. The average molecular weight is 340 g/mol. The molecule has 2 aromatic rings. The topological polar surface area (TPSA) is 52.5 Å². The first kappa shape index (κ1) is 17.8. The van der Waals surface area contributed by atoms with Crippen LogP contribution >= 0.6 is 0 Å². The Labute approximate surface area is 150 Å². The zero-order valence-electron chi connectivity index (χ0n) is 15.4. The number of aryl methyl sites for hydroxylation is 1. The van der Waals surface area contributed by atoms with Crippen molar-refractivity contribution in [2.45, 2.75) is 31.8 Å². The summed E-state index contributed by atoms with van der Waals surface area (Å²) >= 11 is 0. The second kappa shape index (κ2) is 7.50. The van der Waals surface area contributed by atoms with Gasteiger partial charge in [0.15, 0.2) is 5.82 Å². The molecule has 0 unspecified atom stereocenters. The lowest BCUT2D eigenvalue weighted by Gasteiger charge is -2.30. The molecule has 3 rings (SSSR count). The van der Waals surface area contributed by atoms with E-state index in [1.807, 2.05) is 57.4 Å². The molecule has 1 N–H and O–H groups in total. The van der Waals surface area contributed by atoms with Gasteiger partial charge in [0.1, 0.15) is 5.82 Å². The van der Waals surface area contributed by atoms with Gasteiger partial charge in [-0.15, -0.1) is 0 Å². The van der Waals surface area contributed by atoms with Crippen molar-refractivity contribution in [1.29, 1.82) is 0 Å². The molecular weight excluding hydrogens is 312 g/mol. The minimum atomic E-state index is -0.609. The molecule has 0 spiro atoms. The zero-order chi connectivity index (χ0) is 17.9. The first-order chi connectivity index (χ1) is 12.0. The molecule has 1 aromatic heterocycles. The summed E-state index contributed by atoms with van der Waals surface area (Å²) in [5.74, 6) is 1.73. The number of aromatic nitrogens is 2. The van der Waals surface area contributed by atoms with Crippen LogP contribution in [-0.4, -0.2) is 59.3 Å². The molecule has 1 aliphatic rings. The predicted molar refractivity (Wildman–Crippen MR) is 102 cm³/mol. The van der Waals surface area contributed by atoms with Crippen molar-refractivity contribution in [2.75, 3.05) is 38.6 Å². The lowest BCUT2D eigenvalue weighted by Crippen LogP contribution is -2.41. The van der Waals surface area contributed by atoms with E-state index in [1.165, 1.54) is 0 Å². The highest BCUT2D eigenvalue weighted by Crippen LogP contribution is 2.27. The van der Waals surface area contributed by atoms with E-state index in [4.69, 9.17) is 4.98 Å². The van der Waals surface area contributed by atoms with Crippen LogP contribution in [0.5, 0.6) is 0 Å². The fourth-order valence-corrected chi connectivity index (χ4v) is 3.58. The zero-order valence-corrected chi connectivity index (χ0v) is 15.4. The van der Waals surface area contributed by atoms with Crippen molar-refractivity contribution >= 4 is 5.82 Å². The van der Waals surface area contributed by atoms with Crippen molar-refractivity contribution in [3.8, 4) is 11.4 Å². The maximum absolute atomic E-state index is 10.9. The van der Waals surface area contributed by atoms with Gasteiger partial charge >= 0.3 is 0 Å². The third-order valence-electron chi connectivity index (χ3n) is 4.72. The van der Waals surface area contributed by atoms with E-state index in [1.54, 1.807) is 0 Å². The number of benzene rings is 1. The number of aliphatic hydroxyl groups is 1. The van der Waals surface area contributed by atoms with Gasteiger partial charge in [-0.2, -0.15) is 0 Å². The van der Waals surface area contributed by atoms with Crippen molar-refractivity contribution in [1.82, 2.24) is 14.9 Å². The van der Waals surface area contributed by atoms with Crippen LogP contribution in [0.3, 0.4) is 0 Å². The first-order valence-corrected chi connectivity index (χ1v) is 8.98. The number of hydrogen-bond donors (Lipinski definition) is 1. The Kier molecular flexibility index (Phi) is 5.35. The maximum atomic E-state index is 10.9. The van der Waals surface area contributed by atoms with Crippen LogP contribution in [0.2, 0.25) is 0 Å². The summed E-state index contributed by atoms with van der Waals surface area (Å²) in [5.41, 5.74) is 1.39. The van der Waals surface area contributed by atoms with Crippen molar-refractivity contribution < 1.29 is 5.11 Å². The highest BCUT2D eigenvalue weighted by Gasteiger charge is 2.31. The van der Waals surface area contributed by atoms with E-state index in [2.05, 4.69) is 14.8 Å². The number of anilines is 1. The summed E-state index contributed by atoms with van der Waals surface area (Å²) in [4.78, 5) is 13.8. The molecule has 0 bridgehead atoms. The Hall–Kier alpha value is -1.98. The molecule has 1 aliphatic heterocycles. The smallest absolute Gasteiger partial charge is 0.161 e. The fraction of sp³-hybridized carbons (Fsp3) is 0.500. The quantitative estimate of drug-likeness (QED) is 0.927. The number of nitrogens with zero attached hydrogens (tertiary/aromatic N) is 4. The molecule has 134 valence electrons. The van der Waals surface area contributed by atoms with Crippen LogP contribution in [-0.2, 0) is 0 Å². The highest BCUT2D eigenvalue weighted by atomic mass is 16.3. The fourth-order valence-electron chi connectivity index (χ4n) is 3.58. The first-order valence-electron chi connectivity index (χ1n) is 8.98. The molecule has 0 radical (unpaired) electrons. The second-order valence-electron chi connectivity index (χ2n) is 7.36. The van der Waals surface area contributed by atoms with E-state index < -0.39 is 5.60 Å². The van der Waals surface area contributed by atoms with Crippen LogP contribution in [0.15, 0.2) is 36.4 Å². The van der Waals surface area contributed by atoms with Crippen molar-refractivity contribution in [2.24, 2.45) is 0 Å². The van der Waals surface area contributed by atoms with Gasteiger partial charge < -0.3 is 14.9 Å². The summed E-state index contributed by atoms with van der Waals surface area (Å²) in [6.45, 7) is 4.45. The Balaban J connectivity index is 1.81. The van der Waals surface area contributed by atoms with Crippen molar-refractivity contribution in [3.63, 3.8) is 0 Å². The van der Waals surface area contributed by atoms with Gasteiger partial charge in [-0.3, -0.25) is 0 Å². The van der Waals surface area contributed by atoms with Crippen molar-refractivity contribution in [3.05, 3.63) is 42.1 Å². The van der Waals surface area contributed by atoms with E-state index in [9.17, 15) is 5.11 Å². The average Bonchev–Trinajstić information content (AvgIpc) is 2.76. The normalized spacial score (nSPS) is 21.4. The number of hydrogen-bond acceptors (Lipinski definition) is 5. The van der Waals surface area contributed by atoms with E-state index in [-0.39, 0.29) is 0 Å². The molecule has 2 heterocycles. The highest BCUT2D eigenvalue weighted by molar-refractivity contribution is 5.57. The third kappa shape index (κ3) is 4.55. The van der Waals surface area contributed by atoms with E-state index >= 15 is 0 Å². The Morgan fingerprint density at radius 1 is 1.12 bits per heavy atom. The Morgan fingerprint density at radius 2 is 1.88 bits per heavy atom. The Morgan fingerprint density at radius 3 is 2.60 bits per heavy atom. The SMILES string of the molecule is Cc1cc(N2CCC[C@@](O)(CN(C)C)CC2)nc(-c2ccccc2)n1. The van der Waals surface area contributed by atoms with E-state index in [0.717, 1.165) is 55.3 Å². The Bertz CT molecular complexity index is 704. The lowest BCUT2D eigenvalue weighted by atomic mass is 9.94. The predicted octanol–water partition coefficient (Wildman–Crippen LogP) is 2.74. The van der Waals surface area contributed by atoms with Crippen LogP contribution in [0, 0.1) is 6.92 Å². The van der Waals surface area contributed by atoms with Gasteiger partial charge in [-0.25, -0.2) is 9.97 Å². The molecule has 5 nitrogen and oxygen atoms in total. The molecule has 5 heteroatoms. The minimum absolute atomic E-state index is 0.609. The van der Waals surface area contributed by atoms with Gasteiger partial charge in [0.25, 0.3) is 0 Å². The maximum Gasteiger partial charge on any atom is 0.161 e. The molecule has 1 aromatic carbocycles. The molecular formula is C20H28N4O. The molecule has 1 fully saturated rings. The molecule has 0 saturated carbocycles. The standard InChI is InChI=1S/C20H28N4O/c1-16-14-18(22-19(21-16)17-8-5-4-6-9-17)24-12-7-10-20(25,11-13-24)15-23(2)3/h4-6,8-9,14,25H,7,10-13,15H2,1-3H3/t20-/m0/s1. The number of likely N-dealkylation sites (N-methyl/N-ethyl adjacent to an activating group) is 1. The molecule has 25 heavy (non-hydrogen) atoms. The molecule has 0 amide bonds. The van der Waals surface area contributed by atoms with Gasteiger partial charge in [0.05, 0.1) is 5.60 Å². The van der Waals surface area contributed by atoms with Crippen LogP contribution in [0.4, 0.5) is 5.82 Å². The van der Waals surface area contributed by atoms with Crippen LogP contribution in [0.1, 0.15) is 25.0 Å². The van der Waals surface area contributed by atoms with Crippen LogP contribution < -0.4 is 4.90 Å². The molecule has 1 saturated heterocycles. The summed E-state index contributed by atoms with van der Waals surface area (Å²) in [7, 11) is 4.03. The van der Waals surface area contributed by atoms with E-state index in [0.29, 0.717) is 6.54 Å². The summed E-state index contributed by atoms with van der Waals surface area (Å²) < 4.78 is 0.